The van der Waals surface area contributed by atoms with Crippen LogP contribution < -0.4 is 16.4 Å². The Hall–Kier alpha value is -4.33. The summed E-state index contributed by atoms with van der Waals surface area (Å²) in [6, 6.07) is 14.9. The normalized spacial score (nSPS) is 12.8. The lowest BCUT2D eigenvalue weighted by molar-refractivity contribution is 0.0694. The third-order valence-corrected chi connectivity index (χ3v) is 5.91. The zero-order valence-electron chi connectivity index (χ0n) is 17.1. The Kier molecular flexibility index (Phi) is 4.55. The number of carboxylic acid groups (broad SMARTS) is 1. The largest absolute Gasteiger partial charge is 0.506 e. The summed E-state index contributed by atoms with van der Waals surface area (Å²) in [5.41, 5.74) is 16.2. The average Bonchev–Trinajstić information content (AvgIpc) is 3.18. The van der Waals surface area contributed by atoms with Gasteiger partial charge in [-0.3, -0.25) is 0 Å². The molecule has 0 saturated heterocycles. The highest BCUT2D eigenvalue weighted by molar-refractivity contribution is 6.07. The number of hydrogen-bond donors (Lipinski definition) is 4. The second kappa shape index (κ2) is 7.42. The molecule has 0 fully saturated rings. The van der Waals surface area contributed by atoms with E-state index in [1.165, 1.54) is 0 Å². The molecule has 4 aromatic rings. The molecule has 1 aliphatic rings. The molecule has 0 amide bonds. The molecule has 0 spiro atoms. The van der Waals surface area contributed by atoms with Gasteiger partial charge in [0.1, 0.15) is 17.1 Å². The summed E-state index contributed by atoms with van der Waals surface area (Å²) in [5.74, 6) is -0.850. The molecule has 1 aliphatic heterocycles. The van der Waals surface area contributed by atoms with E-state index in [4.69, 9.17) is 11.5 Å². The first kappa shape index (κ1) is 19.6. The minimum Gasteiger partial charge on any atom is -0.506 e. The number of aromatic carboxylic acids is 1. The van der Waals surface area contributed by atoms with Crippen molar-refractivity contribution >= 4 is 34.2 Å². The van der Waals surface area contributed by atoms with Gasteiger partial charge in [0.2, 0.25) is 5.95 Å². The van der Waals surface area contributed by atoms with Crippen LogP contribution in [0.2, 0.25) is 0 Å². The van der Waals surface area contributed by atoms with Crippen LogP contribution in [0.3, 0.4) is 0 Å². The molecule has 6 N–H and O–H groups in total. The summed E-state index contributed by atoms with van der Waals surface area (Å²) in [6.07, 6.45) is 2.50. The first-order chi connectivity index (χ1) is 15.4. The van der Waals surface area contributed by atoms with Gasteiger partial charge in [-0.15, -0.1) is 0 Å². The van der Waals surface area contributed by atoms with Crippen LogP contribution in [0, 0.1) is 0 Å². The van der Waals surface area contributed by atoms with Gasteiger partial charge in [-0.05, 0) is 46.7 Å². The molecule has 0 atom stereocenters. The van der Waals surface area contributed by atoms with Gasteiger partial charge in [-0.2, -0.15) is 4.98 Å². The van der Waals surface area contributed by atoms with Crippen LogP contribution in [-0.2, 0) is 13.0 Å². The van der Waals surface area contributed by atoms with E-state index in [9.17, 15) is 15.0 Å². The Bertz CT molecular complexity index is 1390. The van der Waals surface area contributed by atoms with Crippen LogP contribution >= 0.6 is 0 Å². The highest BCUT2D eigenvalue weighted by Gasteiger charge is 2.22. The van der Waals surface area contributed by atoms with Crippen LogP contribution in [-0.4, -0.2) is 32.7 Å². The fourth-order valence-corrected chi connectivity index (χ4v) is 4.33. The average molecular weight is 427 g/mol. The van der Waals surface area contributed by atoms with Crippen molar-refractivity contribution in [2.45, 2.75) is 13.0 Å². The highest BCUT2D eigenvalue weighted by atomic mass is 16.4. The van der Waals surface area contributed by atoms with Crippen molar-refractivity contribution < 1.29 is 15.0 Å². The second-order valence-corrected chi connectivity index (χ2v) is 7.82. The summed E-state index contributed by atoms with van der Waals surface area (Å²) >= 11 is 0. The van der Waals surface area contributed by atoms with E-state index in [-0.39, 0.29) is 17.3 Å². The van der Waals surface area contributed by atoms with E-state index in [1.807, 2.05) is 24.3 Å². The van der Waals surface area contributed by atoms with Gasteiger partial charge >= 0.3 is 5.97 Å². The van der Waals surface area contributed by atoms with Crippen LogP contribution in [0.4, 0.5) is 17.5 Å². The van der Waals surface area contributed by atoms with Crippen molar-refractivity contribution in [1.82, 2.24) is 9.97 Å². The number of rotatable bonds is 4. The maximum atomic E-state index is 11.7. The van der Waals surface area contributed by atoms with Crippen molar-refractivity contribution in [1.29, 1.82) is 0 Å². The third-order valence-electron chi connectivity index (χ3n) is 5.91. The van der Waals surface area contributed by atoms with Crippen LogP contribution in [0.15, 0.2) is 54.7 Å². The van der Waals surface area contributed by atoms with E-state index >= 15 is 0 Å². The maximum Gasteiger partial charge on any atom is 0.339 e. The molecule has 0 radical (unpaired) electrons. The number of nitrogens with two attached hydrogens (primary N) is 2. The van der Waals surface area contributed by atoms with E-state index in [2.05, 4.69) is 20.9 Å². The van der Waals surface area contributed by atoms with Gasteiger partial charge in [0, 0.05) is 35.9 Å². The zero-order chi connectivity index (χ0) is 22.4. The molecular weight excluding hydrogens is 406 g/mol. The van der Waals surface area contributed by atoms with Gasteiger partial charge in [-0.25, -0.2) is 9.78 Å². The van der Waals surface area contributed by atoms with Crippen LogP contribution in [0.25, 0.3) is 21.9 Å². The number of benzene rings is 3. The summed E-state index contributed by atoms with van der Waals surface area (Å²) in [5, 5.41) is 21.3. The quantitative estimate of drug-likeness (QED) is 0.388. The zero-order valence-corrected chi connectivity index (χ0v) is 17.1. The number of phenols is 1. The molecule has 32 heavy (non-hydrogen) atoms. The molecule has 160 valence electrons. The first-order valence-corrected chi connectivity index (χ1v) is 10.2. The number of aromatic nitrogens is 2. The smallest absolute Gasteiger partial charge is 0.339 e. The van der Waals surface area contributed by atoms with E-state index in [0.717, 1.165) is 46.3 Å². The first-order valence-electron chi connectivity index (χ1n) is 10.2. The summed E-state index contributed by atoms with van der Waals surface area (Å²) in [6.45, 7) is 1.39. The predicted molar refractivity (Wildman–Crippen MR) is 124 cm³/mol. The lowest BCUT2D eigenvalue weighted by atomic mass is 9.93. The van der Waals surface area contributed by atoms with E-state index in [0.29, 0.717) is 17.7 Å². The Morgan fingerprint density at radius 1 is 1.09 bits per heavy atom. The number of nitrogen functional groups attached to an aromatic ring is 2. The minimum atomic E-state index is -1.16. The van der Waals surface area contributed by atoms with Crippen molar-refractivity contribution in [3.8, 4) is 16.9 Å². The number of fused-ring (bicyclic) bond motifs is 2. The van der Waals surface area contributed by atoms with Crippen molar-refractivity contribution in [2.75, 3.05) is 22.9 Å². The monoisotopic (exact) mass is 427 g/mol. The molecule has 0 bridgehead atoms. The Morgan fingerprint density at radius 2 is 1.88 bits per heavy atom. The van der Waals surface area contributed by atoms with Gasteiger partial charge in [0.15, 0.2) is 0 Å². The Labute approximate surface area is 183 Å². The number of carboxylic acids is 1. The Balaban J connectivity index is 1.55. The number of hydrogen-bond acceptors (Lipinski definition) is 7. The standard InChI is InChI=1S/C24H21N5O3/c25-22-15(11-27-24(26)28-22)12-29-8-7-14-9-13(5-6-20(14)29)18-10-19(23(31)32)21(30)17-4-2-1-3-16(17)18/h1-6,9-11,30H,7-8,12H2,(H,31,32)(H4,25,26,27,28). The number of anilines is 3. The predicted octanol–water partition coefficient (Wildman–Crippen LogP) is 3.43. The molecule has 3 aromatic carbocycles. The molecule has 1 aromatic heterocycles. The highest BCUT2D eigenvalue weighted by Crippen LogP contribution is 2.39. The SMILES string of the molecule is Nc1ncc(CN2CCc3cc(-c4cc(C(=O)O)c(O)c5ccccc45)ccc32)c(N)n1. The molecule has 8 nitrogen and oxygen atoms in total. The fraction of sp³-hybridized carbons (Fsp3) is 0.125. The number of nitrogens with zero attached hydrogens (tertiary/aromatic N) is 3. The maximum absolute atomic E-state index is 11.7. The molecule has 0 aliphatic carbocycles. The van der Waals surface area contributed by atoms with Gasteiger partial charge in [0.25, 0.3) is 0 Å². The van der Waals surface area contributed by atoms with Crippen molar-refractivity contribution in [3.63, 3.8) is 0 Å². The molecule has 8 heteroatoms. The van der Waals surface area contributed by atoms with E-state index < -0.39 is 5.97 Å². The summed E-state index contributed by atoms with van der Waals surface area (Å²) in [4.78, 5) is 22.0. The number of carbonyl (C=O) groups is 1. The number of aromatic hydroxyl groups is 1. The lowest BCUT2D eigenvalue weighted by Crippen LogP contribution is -2.21. The molecule has 0 unspecified atom stereocenters. The Morgan fingerprint density at radius 3 is 2.62 bits per heavy atom. The van der Waals surface area contributed by atoms with Gasteiger partial charge < -0.3 is 26.6 Å². The topological polar surface area (TPSA) is 139 Å². The summed E-state index contributed by atoms with van der Waals surface area (Å²) in [7, 11) is 0. The minimum absolute atomic E-state index is 0.111. The van der Waals surface area contributed by atoms with Crippen molar-refractivity contribution in [2.24, 2.45) is 0 Å². The van der Waals surface area contributed by atoms with E-state index in [1.54, 1.807) is 24.4 Å². The second-order valence-electron chi connectivity index (χ2n) is 7.82. The molecule has 2 heterocycles. The van der Waals surface area contributed by atoms with Crippen LogP contribution in [0.5, 0.6) is 5.75 Å². The van der Waals surface area contributed by atoms with Crippen LogP contribution in [0.1, 0.15) is 21.5 Å². The molecular formula is C24H21N5O3. The van der Waals surface area contributed by atoms with Crippen molar-refractivity contribution in [3.05, 3.63) is 71.4 Å². The van der Waals surface area contributed by atoms with Gasteiger partial charge in [0.05, 0.1) is 0 Å². The third kappa shape index (κ3) is 3.22. The summed E-state index contributed by atoms with van der Waals surface area (Å²) < 4.78 is 0. The molecule has 0 saturated carbocycles. The van der Waals surface area contributed by atoms with Gasteiger partial charge in [-0.1, -0.05) is 30.3 Å². The lowest BCUT2D eigenvalue weighted by Gasteiger charge is -2.20. The molecule has 5 rings (SSSR count). The fourth-order valence-electron chi connectivity index (χ4n) is 4.33.